The highest BCUT2D eigenvalue weighted by Gasteiger charge is 2.21. The zero-order valence-electron chi connectivity index (χ0n) is 31.0. The van der Waals surface area contributed by atoms with Crippen LogP contribution >= 0.6 is 0 Å². The fourth-order valence-electron chi connectivity index (χ4n) is 8.60. The summed E-state index contributed by atoms with van der Waals surface area (Å²) in [6, 6.07) is 61.3. The highest BCUT2D eigenvalue weighted by Crippen LogP contribution is 2.40. The molecule has 0 saturated carbocycles. The summed E-state index contributed by atoms with van der Waals surface area (Å²) < 4.78 is 4.60. The van der Waals surface area contributed by atoms with Crippen LogP contribution in [-0.4, -0.2) is 33.9 Å². The third-order valence-electron chi connectivity index (χ3n) is 11.2. The van der Waals surface area contributed by atoms with Crippen LogP contribution in [-0.2, 0) is 0 Å². The molecule has 0 aliphatic carbocycles. The minimum atomic E-state index is 0.536. The highest BCUT2D eigenvalue weighted by atomic mass is 15.2. The Morgan fingerprint density at radius 1 is 0.328 bits per heavy atom. The van der Waals surface area contributed by atoms with Crippen LogP contribution in [0.5, 0.6) is 0 Å². The maximum absolute atomic E-state index is 5.32. The summed E-state index contributed by atoms with van der Waals surface area (Å²) >= 11 is 0. The minimum absolute atomic E-state index is 0.536. The van der Waals surface area contributed by atoms with Gasteiger partial charge in [0.15, 0.2) is 11.6 Å². The van der Waals surface area contributed by atoms with E-state index in [-0.39, 0.29) is 0 Å². The molecule has 12 rings (SSSR count). The molecule has 0 bridgehead atoms. The fourth-order valence-corrected chi connectivity index (χ4v) is 8.60. The molecule has 0 atom stereocenters. The van der Waals surface area contributed by atoms with Crippen molar-refractivity contribution >= 4 is 59.9 Å². The molecule has 0 saturated heterocycles. The minimum Gasteiger partial charge on any atom is -0.309 e. The molecule has 6 aromatic heterocycles. The summed E-state index contributed by atoms with van der Waals surface area (Å²) in [5.41, 5.74) is 11.0. The third kappa shape index (κ3) is 5.04. The Hall–Kier alpha value is -8.03. The molecule has 12 aromatic rings. The lowest BCUT2D eigenvalue weighted by atomic mass is 10.0. The monoisotopic (exact) mass is 741 g/mol. The predicted octanol–water partition coefficient (Wildman–Crippen LogP) is 12.1. The van der Waals surface area contributed by atoms with Gasteiger partial charge in [0.2, 0.25) is 5.95 Å². The van der Waals surface area contributed by atoms with Crippen molar-refractivity contribution in [3.05, 3.63) is 188 Å². The lowest BCUT2D eigenvalue weighted by Crippen LogP contribution is -2.06. The summed E-state index contributed by atoms with van der Waals surface area (Å²) in [6.45, 7) is 0. The molecule has 0 spiro atoms. The fraction of sp³-hybridized carbons (Fsp3) is 0. The van der Waals surface area contributed by atoms with Gasteiger partial charge in [-0.05, 0) is 78.2 Å². The molecule has 7 nitrogen and oxygen atoms in total. The zero-order valence-corrected chi connectivity index (χ0v) is 31.0. The van der Waals surface area contributed by atoms with Gasteiger partial charge in [-0.3, -0.25) is 14.5 Å². The van der Waals surface area contributed by atoms with E-state index in [1.54, 1.807) is 0 Å². The van der Waals surface area contributed by atoms with Crippen LogP contribution in [0.15, 0.2) is 188 Å². The van der Waals surface area contributed by atoms with E-state index in [2.05, 4.69) is 146 Å². The predicted molar refractivity (Wildman–Crippen MR) is 235 cm³/mol. The summed E-state index contributed by atoms with van der Waals surface area (Å²) in [5.74, 6) is 1.67. The molecule has 0 aliphatic heterocycles. The number of benzene rings is 6. The second-order valence-electron chi connectivity index (χ2n) is 14.6. The quantitative estimate of drug-likeness (QED) is 0.164. The molecule has 0 amide bonds. The van der Waals surface area contributed by atoms with Crippen molar-refractivity contribution in [2.45, 2.75) is 0 Å². The zero-order chi connectivity index (χ0) is 38.2. The van der Waals surface area contributed by atoms with Crippen molar-refractivity contribution in [3.63, 3.8) is 0 Å². The Labute approximate surface area is 332 Å². The first-order chi connectivity index (χ1) is 28.7. The Kier molecular flexibility index (Phi) is 7.09. The standard InChI is InChI=1S/C51H31N7/c1-4-22-44-34(13-1)29-47-41-31-48-40(30-39(41)37-18-2-5-23-45(37)57(44)47)38-19-3-6-24-46(38)58(48)51-55-49(35-16-11-14-32(27-35)42-20-7-9-25-52-42)54-50(56-51)36-17-12-15-33(28-36)43-21-8-10-26-53-43/h1-31H. The molecule has 0 N–H and O–H groups in total. The van der Waals surface area contributed by atoms with Crippen LogP contribution in [0.4, 0.5) is 0 Å². The number of hydrogen-bond donors (Lipinski definition) is 0. The summed E-state index contributed by atoms with van der Waals surface area (Å²) in [5, 5.41) is 7.03. The summed E-state index contributed by atoms with van der Waals surface area (Å²) in [4.78, 5) is 25.1. The number of aromatic nitrogens is 7. The van der Waals surface area contributed by atoms with Crippen LogP contribution in [0.25, 0.3) is 111 Å². The largest absolute Gasteiger partial charge is 0.309 e. The number of hydrogen-bond acceptors (Lipinski definition) is 5. The van der Waals surface area contributed by atoms with E-state index in [0.717, 1.165) is 66.4 Å². The second kappa shape index (κ2) is 12.8. The first-order valence-corrected chi connectivity index (χ1v) is 19.3. The van der Waals surface area contributed by atoms with Crippen LogP contribution in [0.1, 0.15) is 0 Å². The van der Waals surface area contributed by atoms with Gasteiger partial charge in [-0.15, -0.1) is 0 Å². The molecule has 7 heteroatoms. The van der Waals surface area contributed by atoms with Crippen molar-refractivity contribution < 1.29 is 0 Å². The van der Waals surface area contributed by atoms with Crippen molar-refractivity contribution in [3.8, 4) is 51.2 Å². The molecule has 270 valence electrons. The topological polar surface area (TPSA) is 73.8 Å². The Morgan fingerprint density at radius 2 is 0.879 bits per heavy atom. The second-order valence-corrected chi connectivity index (χ2v) is 14.6. The van der Waals surface area contributed by atoms with E-state index in [1.807, 2.05) is 60.9 Å². The Bertz CT molecular complexity index is 3470. The van der Waals surface area contributed by atoms with Crippen molar-refractivity contribution in [2.24, 2.45) is 0 Å². The SMILES string of the molecule is c1ccc(-c2cccc(-c3nc(-c4cccc(-c5ccccn5)c4)nc(-n4c5ccccc5c5cc6c7ccccc7n7c8ccccc8cc7c6cc54)n3)c2)nc1. The normalized spacial score (nSPS) is 11.8. The number of pyridine rings is 3. The Morgan fingerprint density at radius 3 is 1.53 bits per heavy atom. The number of para-hydroxylation sites is 3. The van der Waals surface area contributed by atoms with Crippen LogP contribution in [0.3, 0.4) is 0 Å². The van der Waals surface area contributed by atoms with Gasteiger partial charge in [-0.2, -0.15) is 9.97 Å². The number of nitrogens with zero attached hydrogens (tertiary/aromatic N) is 7. The van der Waals surface area contributed by atoms with Crippen molar-refractivity contribution in [1.82, 2.24) is 33.9 Å². The average molecular weight is 742 g/mol. The average Bonchev–Trinajstić information content (AvgIpc) is 3.85. The number of rotatable bonds is 5. The summed E-state index contributed by atoms with van der Waals surface area (Å²) in [7, 11) is 0. The van der Waals surface area contributed by atoms with E-state index in [0.29, 0.717) is 17.6 Å². The first kappa shape index (κ1) is 32.2. The van der Waals surface area contributed by atoms with Crippen molar-refractivity contribution in [1.29, 1.82) is 0 Å². The van der Waals surface area contributed by atoms with E-state index >= 15 is 0 Å². The first-order valence-electron chi connectivity index (χ1n) is 19.3. The maximum atomic E-state index is 5.32. The number of fused-ring (bicyclic) bond motifs is 11. The maximum Gasteiger partial charge on any atom is 0.238 e. The van der Waals surface area contributed by atoms with Gasteiger partial charge in [-0.25, -0.2) is 4.98 Å². The van der Waals surface area contributed by atoms with Gasteiger partial charge < -0.3 is 4.40 Å². The van der Waals surface area contributed by atoms with E-state index in [4.69, 9.17) is 15.0 Å². The van der Waals surface area contributed by atoms with E-state index < -0.39 is 0 Å². The molecule has 6 heterocycles. The lowest BCUT2D eigenvalue weighted by molar-refractivity contribution is 0.954. The summed E-state index contributed by atoms with van der Waals surface area (Å²) in [6.07, 6.45) is 3.63. The third-order valence-corrected chi connectivity index (χ3v) is 11.2. The molecule has 0 fully saturated rings. The smallest absolute Gasteiger partial charge is 0.238 e. The van der Waals surface area contributed by atoms with Gasteiger partial charge in [0, 0.05) is 61.6 Å². The van der Waals surface area contributed by atoms with Crippen LogP contribution < -0.4 is 0 Å². The van der Waals surface area contributed by atoms with Gasteiger partial charge >= 0.3 is 0 Å². The molecular formula is C51H31N7. The molecule has 0 unspecified atom stereocenters. The lowest BCUT2D eigenvalue weighted by Gasteiger charge is -2.13. The van der Waals surface area contributed by atoms with Crippen LogP contribution in [0.2, 0.25) is 0 Å². The Balaban J connectivity index is 1.16. The molecule has 0 aliphatic rings. The highest BCUT2D eigenvalue weighted by molar-refractivity contribution is 6.22. The van der Waals surface area contributed by atoms with Gasteiger partial charge in [-0.1, -0.05) is 103 Å². The van der Waals surface area contributed by atoms with Gasteiger partial charge in [0.1, 0.15) is 0 Å². The molecule has 58 heavy (non-hydrogen) atoms. The molecular weight excluding hydrogens is 711 g/mol. The van der Waals surface area contributed by atoms with Crippen molar-refractivity contribution in [2.75, 3.05) is 0 Å². The van der Waals surface area contributed by atoms with Gasteiger partial charge in [0.05, 0.1) is 39.0 Å². The molecule has 0 radical (unpaired) electrons. The van der Waals surface area contributed by atoms with E-state index in [1.165, 1.54) is 27.2 Å². The van der Waals surface area contributed by atoms with Gasteiger partial charge in [0.25, 0.3) is 0 Å². The molecule has 6 aromatic carbocycles. The van der Waals surface area contributed by atoms with E-state index in [9.17, 15) is 0 Å². The van der Waals surface area contributed by atoms with Crippen LogP contribution in [0, 0.1) is 0 Å².